The Kier molecular flexibility index (Phi) is 6.43. The third kappa shape index (κ3) is 4.43. The highest BCUT2D eigenvalue weighted by molar-refractivity contribution is 7.80. The average molecular weight is 412 g/mol. The lowest BCUT2D eigenvalue weighted by Crippen LogP contribution is -2.27. The van der Waals surface area contributed by atoms with Crippen LogP contribution >= 0.6 is 35.4 Å². The van der Waals surface area contributed by atoms with Gasteiger partial charge in [0, 0.05) is 11.0 Å². The van der Waals surface area contributed by atoms with Gasteiger partial charge in [0.25, 0.3) is 0 Å². The minimum atomic E-state index is -0.494. The lowest BCUT2D eigenvalue weighted by molar-refractivity contribution is 0.336. The van der Waals surface area contributed by atoms with E-state index in [9.17, 15) is 4.39 Å². The maximum absolute atomic E-state index is 14.8. The standard InChI is InChI=1S/C20H20Cl2FNOS/c1-11(2)12-6-7-13(16(23)8-12)14-9-17(21)24-18(22)15(14)10-20(3,4)19(26)25-5/h6-9H,1,10H2,2-5H3. The van der Waals surface area contributed by atoms with Crippen LogP contribution in [0.3, 0.4) is 0 Å². The van der Waals surface area contributed by atoms with Crippen molar-refractivity contribution in [2.24, 2.45) is 5.41 Å². The summed E-state index contributed by atoms with van der Waals surface area (Å²) < 4.78 is 20.0. The predicted molar refractivity (Wildman–Crippen MR) is 111 cm³/mol. The molecular weight excluding hydrogens is 392 g/mol. The van der Waals surface area contributed by atoms with Crippen LogP contribution in [0, 0.1) is 11.2 Å². The molecule has 1 heterocycles. The van der Waals surface area contributed by atoms with E-state index < -0.39 is 5.41 Å². The fourth-order valence-electron chi connectivity index (χ4n) is 2.71. The number of halogens is 3. The fourth-order valence-corrected chi connectivity index (χ4v) is 3.28. The Morgan fingerprint density at radius 2 is 1.92 bits per heavy atom. The largest absolute Gasteiger partial charge is 0.490 e. The van der Waals surface area contributed by atoms with Gasteiger partial charge in [-0.25, -0.2) is 9.37 Å². The Bertz CT molecular complexity index is 880. The lowest BCUT2D eigenvalue weighted by atomic mass is 9.84. The molecule has 26 heavy (non-hydrogen) atoms. The van der Waals surface area contributed by atoms with Crippen molar-refractivity contribution in [2.45, 2.75) is 27.2 Å². The number of rotatable bonds is 5. The molecule has 0 bridgehead atoms. The molecule has 2 rings (SSSR count). The number of ether oxygens (including phenoxy) is 1. The van der Waals surface area contributed by atoms with Gasteiger partial charge in [0.2, 0.25) is 0 Å². The van der Waals surface area contributed by atoms with Gasteiger partial charge in [0.1, 0.15) is 16.1 Å². The maximum atomic E-state index is 14.8. The van der Waals surface area contributed by atoms with Crippen LogP contribution in [0.25, 0.3) is 16.7 Å². The summed E-state index contributed by atoms with van der Waals surface area (Å²) in [4.78, 5) is 4.11. The molecule has 0 atom stereocenters. The molecule has 0 spiro atoms. The van der Waals surface area contributed by atoms with Crippen LogP contribution in [-0.2, 0) is 11.2 Å². The number of thiocarbonyl (C=S) groups is 1. The zero-order valence-electron chi connectivity index (χ0n) is 15.1. The number of pyridine rings is 1. The van der Waals surface area contributed by atoms with Crippen LogP contribution in [0.5, 0.6) is 0 Å². The first-order valence-corrected chi connectivity index (χ1v) is 9.12. The van der Waals surface area contributed by atoms with Crippen molar-refractivity contribution in [1.82, 2.24) is 4.98 Å². The lowest BCUT2D eigenvalue weighted by Gasteiger charge is -2.26. The second kappa shape index (κ2) is 8.03. The Balaban J connectivity index is 2.63. The predicted octanol–water partition coefficient (Wildman–Crippen LogP) is 6.77. The van der Waals surface area contributed by atoms with E-state index in [4.69, 9.17) is 40.2 Å². The fraction of sp³-hybridized carbons (Fsp3) is 0.300. The topological polar surface area (TPSA) is 22.1 Å². The van der Waals surface area contributed by atoms with Crippen LogP contribution in [0.15, 0.2) is 30.8 Å². The summed E-state index contributed by atoms with van der Waals surface area (Å²) in [6.07, 6.45) is 0.430. The molecule has 138 valence electrons. The monoisotopic (exact) mass is 411 g/mol. The molecule has 0 fully saturated rings. The molecule has 2 aromatic rings. The van der Waals surface area contributed by atoms with Crippen LogP contribution in [0.4, 0.5) is 4.39 Å². The molecule has 1 aromatic carbocycles. The highest BCUT2D eigenvalue weighted by Gasteiger charge is 2.29. The van der Waals surface area contributed by atoms with Gasteiger partial charge in [-0.15, -0.1) is 0 Å². The molecule has 0 amide bonds. The van der Waals surface area contributed by atoms with Gasteiger partial charge in [-0.05, 0) is 54.4 Å². The first-order chi connectivity index (χ1) is 12.1. The Morgan fingerprint density at radius 1 is 1.27 bits per heavy atom. The average Bonchev–Trinajstić information content (AvgIpc) is 2.56. The maximum Gasteiger partial charge on any atom is 0.165 e. The first-order valence-electron chi connectivity index (χ1n) is 7.96. The van der Waals surface area contributed by atoms with Crippen molar-refractivity contribution in [1.29, 1.82) is 0 Å². The number of nitrogens with zero attached hydrogens (tertiary/aromatic N) is 1. The minimum Gasteiger partial charge on any atom is -0.490 e. The van der Waals surface area contributed by atoms with Crippen molar-refractivity contribution in [3.8, 4) is 11.1 Å². The van der Waals surface area contributed by atoms with Gasteiger partial charge in [-0.2, -0.15) is 0 Å². The number of aromatic nitrogens is 1. The quantitative estimate of drug-likeness (QED) is 0.400. The van der Waals surface area contributed by atoms with E-state index in [1.807, 2.05) is 26.8 Å². The summed E-state index contributed by atoms with van der Waals surface area (Å²) in [7, 11) is 1.53. The van der Waals surface area contributed by atoms with Crippen LogP contribution in [0.2, 0.25) is 10.3 Å². The Morgan fingerprint density at radius 3 is 2.46 bits per heavy atom. The molecule has 1 aromatic heterocycles. The third-order valence-electron chi connectivity index (χ3n) is 4.15. The van der Waals surface area contributed by atoms with E-state index >= 15 is 0 Å². The molecule has 0 saturated carbocycles. The molecule has 6 heteroatoms. The highest BCUT2D eigenvalue weighted by atomic mass is 35.5. The van der Waals surface area contributed by atoms with Crippen molar-refractivity contribution in [2.75, 3.05) is 7.11 Å². The first kappa shape index (κ1) is 20.8. The molecule has 0 saturated heterocycles. The van der Waals surface area contributed by atoms with Gasteiger partial charge in [-0.3, -0.25) is 0 Å². The Labute approximate surface area is 169 Å². The normalized spacial score (nSPS) is 11.3. The zero-order valence-corrected chi connectivity index (χ0v) is 17.4. The molecule has 2 nitrogen and oxygen atoms in total. The van der Waals surface area contributed by atoms with E-state index in [0.717, 1.165) is 11.1 Å². The van der Waals surface area contributed by atoms with E-state index in [2.05, 4.69) is 11.6 Å². The van der Waals surface area contributed by atoms with Gasteiger partial charge in [0.05, 0.1) is 7.11 Å². The zero-order chi connectivity index (χ0) is 19.6. The van der Waals surface area contributed by atoms with E-state index in [1.165, 1.54) is 13.2 Å². The number of benzene rings is 1. The highest BCUT2D eigenvalue weighted by Crippen LogP contribution is 2.37. The van der Waals surface area contributed by atoms with Crippen LogP contribution in [-0.4, -0.2) is 17.1 Å². The molecule has 0 radical (unpaired) electrons. The second-order valence-electron chi connectivity index (χ2n) is 6.79. The molecule has 0 N–H and O–H groups in total. The number of allylic oxidation sites excluding steroid dienone is 1. The number of hydrogen-bond donors (Lipinski definition) is 0. The molecular formula is C20H20Cl2FNOS. The van der Waals surface area contributed by atoms with Gasteiger partial charge >= 0.3 is 0 Å². The van der Waals surface area contributed by atoms with Crippen molar-refractivity contribution in [3.05, 3.63) is 58.1 Å². The third-order valence-corrected chi connectivity index (χ3v) is 5.38. The summed E-state index contributed by atoms with van der Waals surface area (Å²) in [5.74, 6) is -0.378. The van der Waals surface area contributed by atoms with E-state index in [-0.39, 0.29) is 16.1 Å². The molecule has 0 aliphatic carbocycles. The van der Waals surface area contributed by atoms with Crippen LogP contribution in [0.1, 0.15) is 31.9 Å². The van der Waals surface area contributed by atoms with Crippen molar-refractivity contribution >= 4 is 46.0 Å². The SMILES string of the molecule is C=C(C)c1ccc(-c2cc(Cl)nc(Cl)c2CC(C)(C)C(=S)OC)c(F)c1. The molecule has 0 aliphatic heterocycles. The van der Waals surface area contributed by atoms with Gasteiger partial charge in [-0.1, -0.05) is 61.3 Å². The van der Waals surface area contributed by atoms with Gasteiger partial charge in [0.15, 0.2) is 5.05 Å². The smallest absolute Gasteiger partial charge is 0.165 e. The second-order valence-corrected chi connectivity index (χ2v) is 7.91. The van der Waals surface area contributed by atoms with Crippen molar-refractivity contribution in [3.63, 3.8) is 0 Å². The van der Waals surface area contributed by atoms with E-state index in [0.29, 0.717) is 28.2 Å². The summed E-state index contributed by atoms with van der Waals surface area (Å²) in [5, 5.41) is 0.861. The van der Waals surface area contributed by atoms with Crippen LogP contribution < -0.4 is 0 Å². The summed E-state index contributed by atoms with van der Waals surface area (Å²) >= 11 is 17.7. The minimum absolute atomic E-state index is 0.198. The Hall–Kier alpha value is -1.49. The van der Waals surface area contributed by atoms with E-state index in [1.54, 1.807) is 12.1 Å². The summed E-state index contributed by atoms with van der Waals surface area (Å²) in [6.45, 7) is 9.55. The number of hydrogen-bond acceptors (Lipinski definition) is 3. The summed E-state index contributed by atoms with van der Waals surface area (Å²) in [5.41, 5.74) is 2.69. The molecule has 0 aliphatic rings. The molecule has 0 unspecified atom stereocenters. The van der Waals surface area contributed by atoms with Gasteiger partial charge < -0.3 is 4.74 Å². The summed E-state index contributed by atoms with van der Waals surface area (Å²) in [6, 6.07) is 6.59. The number of methoxy groups -OCH3 is 1. The van der Waals surface area contributed by atoms with Crippen molar-refractivity contribution < 1.29 is 9.13 Å².